The lowest BCUT2D eigenvalue weighted by Gasteiger charge is -2.15. The Hall–Kier alpha value is -2.01. The molecule has 3 rings (SSSR count). The molecule has 4 nitrogen and oxygen atoms in total. The van der Waals surface area contributed by atoms with Gasteiger partial charge in [-0.3, -0.25) is 4.79 Å². The van der Waals surface area contributed by atoms with Crippen LogP contribution < -0.4 is 14.8 Å². The molecular formula is C19H20BrNO3. The average molecular weight is 390 g/mol. The van der Waals surface area contributed by atoms with E-state index in [-0.39, 0.29) is 11.9 Å². The molecular weight excluding hydrogens is 370 g/mol. The van der Waals surface area contributed by atoms with E-state index in [4.69, 9.17) is 9.47 Å². The van der Waals surface area contributed by atoms with Gasteiger partial charge in [0.15, 0.2) is 0 Å². The number of halogens is 1. The second-order valence-corrected chi connectivity index (χ2v) is 6.82. The van der Waals surface area contributed by atoms with Gasteiger partial charge < -0.3 is 14.8 Å². The highest BCUT2D eigenvalue weighted by Crippen LogP contribution is 2.26. The summed E-state index contributed by atoms with van der Waals surface area (Å²) in [7, 11) is 1.59. The Balaban J connectivity index is 1.66. The summed E-state index contributed by atoms with van der Waals surface area (Å²) in [4.78, 5) is 12.5. The van der Waals surface area contributed by atoms with E-state index in [2.05, 4.69) is 33.4 Å². The number of hydrogen-bond acceptors (Lipinski definition) is 3. The van der Waals surface area contributed by atoms with Gasteiger partial charge in [0, 0.05) is 16.9 Å². The lowest BCUT2D eigenvalue weighted by Crippen LogP contribution is -2.34. The summed E-state index contributed by atoms with van der Waals surface area (Å²) >= 11 is 3.42. The molecule has 0 spiro atoms. The van der Waals surface area contributed by atoms with E-state index in [1.165, 1.54) is 11.1 Å². The largest absolute Gasteiger partial charge is 0.497 e. The highest BCUT2D eigenvalue weighted by molar-refractivity contribution is 9.10. The average Bonchev–Trinajstić information content (AvgIpc) is 3.02. The molecule has 0 bridgehead atoms. The van der Waals surface area contributed by atoms with Gasteiger partial charge >= 0.3 is 0 Å². The van der Waals surface area contributed by atoms with Gasteiger partial charge in [0.05, 0.1) is 19.3 Å². The third-order valence-electron chi connectivity index (χ3n) is 4.09. The number of ether oxygens (including phenoxy) is 2. The summed E-state index contributed by atoms with van der Waals surface area (Å²) in [6.45, 7) is 2.77. The normalized spacial score (nSPS) is 13.8. The minimum Gasteiger partial charge on any atom is -0.497 e. The van der Waals surface area contributed by atoms with Crippen LogP contribution in [0.2, 0.25) is 0 Å². The summed E-state index contributed by atoms with van der Waals surface area (Å²) < 4.78 is 11.5. The minimum atomic E-state index is -0.113. The van der Waals surface area contributed by atoms with Gasteiger partial charge in [-0.25, -0.2) is 0 Å². The smallest absolute Gasteiger partial charge is 0.252 e. The zero-order chi connectivity index (χ0) is 17.1. The van der Waals surface area contributed by atoms with Crippen LogP contribution in [0.3, 0.4) is 0 Å². The molecule has 0 radical (unpaired) electrons. The van der Waals surface area contributed by atoms with Crippen LogP contribution in [0.4, 0.5) is 0 Å². The Morgan fingerprint density at radius 3 is 2.96 bits per heavy atom. The molecule has 1 amide bonds. The summed E-state index contributed by atoms with van der Waals surface area (Å²) in [5.41, 5.74) is 3.03. The molecule has 2 aromatic carbocycles. The first kappa shape index (κ1) is 16.8. The maximum atomic E-state index is 12.5. The molecule has 24 heavy (non-hydrogen) atoms. The Labute approximate surface area is 150 Å². The molecule has 0 aromatic heterocycles. The first-order valence-corrected chi connectivity index (χ1v) is 8.75. The summed E-state index contributed by atoms with van der Waals surface area (Å²) in [5.74, 6) is 1.53. The van der Waals surface area contributed by atoms with E-state index in [0.29, 0.717) is 11.3 Å². The summed E-state index contributed by atoms with van der Waals surface area (Å²) in [6.07, 6.45) is 1.74. The van der Waals surface area contributed by atoms with Crippen LogP contribution in [0, 0.1) is 0 Å². The third-order valence-corrected chi connectivity index (χ3v) is 4.78. The monoisotopic (exact) mass is 389 g/mol. The first-order valence-electron chi connectivity index (χ1n) is 7.96. The SMILES string of the molecule is COc1ccc(Br)c(C(=O)N[C@H](C)Cc2ccc3c(c2)CCO3)c1. The second kappa shape index (κ2) is 7.26. The van der Waals surface area contributed by atoms with E-state index < -0.39 is 0 Å². The van der Waals surface area contributed by atoms with Crippen LogP contribution in [0.5, 0.6) is 11.5 Å². The first-order chi connectivity index (χ1) is 11.6. The molecule has 5 heteroatoms. The zero-order valence-electron chi connectivity index (χ0n) is 13.8. The number of carbonyl (C=O) groups excluding carboxylic acids is 1. The van der Waals surface area contributed by atoms with Crippen molar-refractivity contribution in [2.75, 3.05) is 13.7 Å². The maximum Gasteiger partial charge on any atom is 0.252 e. The molecule has 0 saturated heterocycles. The number of benzene rings is 2. The molecule has 0 aliphatic carbocycles. The Morgan fingerprint density at radius 1 is 1.33 bits per heavy atom. The maximum absolute atomic E-state index is 12.5. The van der Waals surface area contributed by atoms with E-state index >= 15 is 0 Å². The van der Waals surface area contributed by atoms with Crippen molar-refractivity contribution in [3.05, 3.63) is 57.6 Å². The zero-order valence-corrected chi connectivity index (χ0v) is 15.4. The number of hydrogen-bond donors (Lipinski definition) is 1. The number of nitrogens with one attached hydrogen (secondary N) is 1. The lowest BCUT2D eigenvalue weighted by molar-refractivity contribution is 0.0939. The van der Waals surface area contributed by atoms with Crippen LogP contribution in [0.15, 0.2) is 40.9 Å². The highest BCUT2D eigenvalue weighted by atomic mass is 79.9. The third kappa shape index (κ3) is 3.73. The molecule has 1 N–H and O–H groups in total. The molecule has 1 heterocycles. The predicted molar refractivity (Wildman–Crippen MR) is 97.0 cm³/mol. The van der Waals surface area contributed by atoms with Gasteiger partial charge in [-0.2, -0.15) is 0 Å². The van der Waals surface area contributed by atoms with Crippen molar-refractivity contribution in [2.24, 2.45) is 0 Å². The standard InChI is InChI=1S/C19H20BrNO3/c1-12(9-13-3-6-18-14(10-13)7-8-24-18)21-19(22)16-11-15(23-2)4-5-17(16)20/h3-6,10-12H,7-9H2,1-2H3,(H,21,22)/t12-/m1/s1. The molecule has 0 unspecified atom stereocenters. The Kier molecular flexibility index (Phi) is 5.09. The van der Waals surface area contributed by atoms with Gasteiger partial charge in [-0.1, -0.05) is 12.1 Å². The van der Waals surface area contributed by atoms with Crippen molar-refractivity contribution in [1.29, 1.82) is 0 Å². The molecule has 0 saturated carbocycles. The fourth-order valence-corrected chi connectivity index (χ4v) is 3.31. The van der Waals surface area contributed by atoms with E-state index in [0.717, 1.165) is 29.7 Å². The summed E-state index contributed by atoms with van der Waals surface area (Å²) in [5, 5.41) is 3.05. The number of rotatable bonds is 5. The van der Waals surface area contributed by atoms with Crippen molar-refractivity contribution in [3.63, 3.8) is 0 Å². The van der Waals surface area contributed by atoms with Crippen LogP contribution in [-0.2, 0) is 12.8 Å². The number of fused-ring (bicyclic) bond motifs is 1. The van der Waals surface area contributed by atoms with Crippen molar-refractivity contribution < 1.29 is 14.3 Å². The Bertz CT molecular complexity index is 760. The van der Waals surface area contributed by atoms with Crippen LogP contribution in [0.25, 0.3) is 0 Å². The topological polar surface area (TPSA) is 47.6 Å². The van der Waals surface area contributed by atoms with Crippen LogP contribution in [0.1, 0.15) is 28.4 Å². The number of carbonyl (C=O) groups is 1. The van der Waals surface area contributed by atoms with Gasteiger partial charge in [0.1, 0.15) is 11.5 Å². The summed E-state index contributed by atoms with van der Waals surface area (Å²) in [6, 6.07) is 11.6. The molecule has 1 aliphatic rings. The van der Waals surface area contributed by atoms with E-state index in [9.17, 15) is 4.79 Å². The molecule has 126 valence electrons. The second-order valence-electron chi connectivity index (χ2n) is 5.96. The minimum absolute atomic E-state index is 0.0240. The quantitative estimate of drug-likeness (QED) is 0.846. The molecule has 1 aliphatic heterocycles. The van der Waals surface area contributed by atoms with Gasteiger partial charge in [-0.05, 0) is 64.7 Å². The predicted octanol–water partition coefficient (Wildman–Crippen LogP) is 3.75. The molecule has 2 aromatic rings. The van der Waals surface area contributed by atoms with Crippen molar-refractivity contribution in [1.82, 2.24) is 5.32 Å². The number of methoxy groups -OCH3 is 1. The fourth-order valence-electron chi connectivity index (χ4n) is 2.88. The van der Waals surface area contributed by atoms with E-state index in [1.54, 1.807) is 13.2 Å². The van der Waals surface area contributed by atoms with Crippen molar-refractivity contribution >= 4 is 21.8 Å². The number of amides is 1. The van der Waals surface area contributed by atoms with E-state index in [1.807, 2.05) is 25.1 Å². The van der Waals surface area contributed by atoms with Crippen LogP contribution >= 0.6 is 15.9 Å². The van der Waals surface area contributed by atoms with Crippen LogP contribution in [-0.4, -0.2) is 25.7 Å². The molecule has 0 fully saturated rings. The molecule has 1 atom stereocenters. The van der Waals surface area contributed by atoms with Gasteiger partial charge in [0.25, 0.3) is 5.91 Å². The Morgan fingerprint density at radius 2 is 2.17 bits per heavy atom. The van der Waals surface area contributed by atoms with Crippen molar-refractivity contribution in [2.45, 2.75) is 25.8 Å². The van der Waals surface area contributed by atoms with Crippen molar-refractivity contribution in [3.8, 4) is 11.5 Å². The lowest BCUT2D eigenvalue weighted by atomic mass is 10.0. The van der Waals surface area contributed by atoms with Gasteiger partial charge in [-0.15, -0.1) is 0 Å². The fraction of sp³-hybridized carbons (Fsp3) is 0.316. The highest BCUT2D eigenvalue weighted by Gasteiger charge is 2.16. The van der Waals surface area contributed by atoms with Gasteiger partial charge in [0.2, 0.25) is 0 Å².